The van der Waals surface area contributed by atoms with Crippen LogP contribution in [-0.2, 0) is 14.2 Å². The number of piperidine rings is 1. The Morgan fingerprint density at radius 3 is 2.60 bits per heavy atom. The largest absolute Gasteiger partial charge is 0.453 e. The average Bonchev–Trinajstić information content (AvgIpc) is 3.42. The molecule has 0 bridgehead atoms. The Bertz CT molecular complexity index is 935. The van der Waals surface area contributed by atoms with Crippen LogP contribution in [-0.4, -0.2) is 59.8 Å². The number of methoxy groups -OCH3 is 1. The fourth-order valence-electron chi connectivity index (χ4n) is 6.25. The number of carbonyl (C=O) groups excluding carboxylic acids is 1. The van der Waals surface area contributed by atoms with E-state index in [1.54, 1.807) is 0 Å². The summed E-state index contributed by atoms with van der Waals surface area (Å²) in [7, 11) is 1.47. The first-order chi connectivity index (χ1) is 17.2. The molecule has 1 saturated carbocycles. The summed E-state index contributed by atoms with van der Waals surface area (Å²) >= 11 is 0. The summed E-state index contributed by atoms with van der Waals surface area (Å²) in [4.78, 5) is 14.6. The lowest BCUT2D eigenvalue weighted by Crippen LogP contribution is -2.51. The molecule has 35 heavy (non-hydrogen) atoms. The minimum absolute atomic E-state index is 0.0166. The van der Waals surface area contributed by atoms with Gasteiger partial charge < -0.3 is 19.1 Å². The zero-order valence-electron chi connectivity index (χ0n) is 20.9. The third-order valence-corrected chi connectivity index (χ3v) is 8.15. The normalized spacial score (nSPS) is 29.6. The predicted molar refractivity (Wildman–Crippen MR) is 133 cm³/mol. The lowest BCUT2D eigenvalue weighted by atomic mass is 9.82. The zero-order chi connectivity index (χ0) is 24.0. The molecule has 1 aromatic heterocycles. The Morgan fingerprint density at radius 2 is 1.86 bits per heavy atom. The lowest BCUT2D eigenvalue weighted by Gasteiger charge is -2.42. The van der Waals surface area contributed by atoms with E-state index in [-0.39, 0.29) is 30.4 Å². The van der Waals surface area contributed by atoms with Crippen molar-refractivity contribution in [1.82, 2.24) is 14.7 Å². The van der Waals surface area contributed by atoms with Crippen LogP contribution in [0.3, 0.4) is 0 Å². The van der Waals surface area contributed by atoms with Crippen molar-refractivity contribution >= 4 is 6.09 Å². The zero-order valence-corrected chi connectivity index (χ0v) is 20.9. The van der Waals surface area contributed by atoms with Crippen LogP contribution in [0, 0.1) is 0 Å². The highest BCUT2D eigenvalue weighted by molar-refractivity contribution is 5.68. The van der Waals surface area contributed by atoms with E-state index >= 15 is 0 Å². The molecule has 190 valence electrons. The number of ether oxygens (including phenoxy) is 3. The number of likely N-dealkylation sites (tertiary alicyclic amines) is 1. The van der Waals surface area contributed by atoms with Crippen LogP contribution in [0.25, 0.3) is 0 Å². The van der Waals surface area contributed by atoms with Gasteiger partial charge in [0, 0.05) is 31.0 Å². The second-order valence-corrected chi connectivity index (χ2v) is 10.2. The second-order valence-electron chi connectivity index (χ2n) is 10.2. The Hall–Kier alpha value is -2.38. The Morgan fingerprint density at radius 1 is 1.03 bits per heavy atom. The molecule has 0 radical (unpaired) electrons. The molecule has 5 rings (SSSR count). The lowest BCUT2D eigenvalue weighted by molar-refractivity contribution is -0.0467. The molecule has 2 aromatic rings. The first-order valence-corrected chi connectivity index (χ1v) is 13.4. The third-order valence-electron chi connectivity index (χ3n) is 8.15. The summed E-state index contributed by atoms with van der Waals surface area (Å²) in [6.07, 6.45) is 11.4. The maximum Gasteiger partial charge on any atom is 0.409 e. The molecule has 3 fully saturated rings. The van der Waals surface area contributed by atoms with Crippen LogP contribution in [0.5, 0.6) is 0 Å². The number of hydrogen-bond donors (Lipinski definition) is 0. The molecular weight excluding hydrogens is 442 g/mol. The van der Waals surface area contributed by atoms with E-state index in [4.69, 9.17) is 14.2 Å². The number of carbonyl (C=O) groups is 1. The second kappa shape index (κ2) is 11.6. The van der Waals surface area contributed by atoms with E-state index < -0.39 is 0 Å². The first kappa shape index (κ1) is 24.3. The van der Waals surface area contributed by atoms with Gasteiger partial charge >= 0.3 is 6.09 Å². The van der Waals surface area contributed by atoms with Gasteiger partial charge in [-0.3, -0.25) is 0 Å². The predicted octanol–water partition coefficient (Wildman–Crippen LogP) is 5.64. The smallest absolute Gasteiger partial charge is 0.409 e. The Labute approximate surface area is 208 Å². The average molecular weight is 482 g/mol. The molecule has 7 heteroatoms. The molecule has 1 aromatic carbocycles. The standard InChI is InChI=1S/C28H39N3O4/c1-33-28(32)30-18-7-10-24(25-16-17-29-31(25)27-11-5-6-19-34-27)26(30)20-35-23-14-12-22(13-15-23)21-8-3-2-4-9-21/h2-4,8-9,16-17,22-24,26-27H,5-7,10-15,18-20H2,1H3. The molecule has 3 atom stereocenters. The molecule has 1 aliphatic carbocycles. The van der Waals surface area contributed by atoms with E-state index in [0.717, 1.165) is 70.1 Å². The van der Waals surface area contributed by atoms with Gasteiger partial charge in [-0.15, -0.1) is 0 Å². The van der Waals surface area contributed by atoms with Gasteiger partial charge in [-0.2, -0.15) is 5.10 Å². The van der Waals surface area contributed by atoms with Crippen molar-refractivity contribution < 1.29 is 19.0 Å². The topological polar surface area (TPSA) is 65.8 Å². The van der Waals surface area contributed by atoms with Gasteiger partial charge in [0.25, 0.3) is 0 Å². The highest BCUT2D eigenvalue weighted by Crippen LogP contribution is 2.38. The molecular formula is C28H39N3O4. The van der Waals surface area contributed by atoms with Crippen molar-refractivity contribution in [1.29, 1.82) is 0 Å². The summed E-state index contributed by atoms with van der Waals surface area (Å²) < 4.78 is 19.8. The number of benzene rings is 1. The molecule has 3 aliphatic rings. The van der Waals surface area contributed by atoms with Crippen molar-refractivity contribution in [2.75, 3.05) is 26.9 Å². The van der Waals surface area contributed by atoms with Gasteiger partial charge in [0.05, 0.1) is 25.9 Å². The molecule has 1 amide bonds. The third kappa shape index (κ3) is 5.56. The molecule has 7 nitrogen and oxygen atoms in total. The highest BCUT2D eigenvalue weighted by atomic mass is 16.5. The maximum atomic E-state index is 12.7. The van der Waals surface area contributed by atoms with E-state index in [2.05, 4.69) is 46.2 Å². The summed E-state index contributed by atoms with van der Waals surface area (Å²) in [5.41, 5.74) is 2.58. The fraction of sp³-hybridized carbons (Fsp3) is 0.643. The van der Waals surface area contributed by atoms with Crippen molar-refractivity contribution in [3.05, 3.63) is 53.9 Å². The number of aromatic nitrogens is 2. The monoisotopic (exact) mass is 481 g/mol. The van der Waals surface area contributed by atoms with E-state index in [1.807, 2.05) is 11.1 Å². The van der Waals surface area contributed by atoms with E-state index in [1.165, 1.54) is 12.7 Å². The number of rotatable bonds is 6. The SMILES string of the molecule is COC(=O)N1CCCC(c2ccnn2C2CCCCO2)C1COC1CCC(c2ccccc2)CC1. The van der Waals surface area contributed by atoms with Gasteiger partial charge in [-0.25, -0.2) is 9.48 Å². The minimum atomic E-state index is -0.268. The molecule has 0 spiro atoms. The number of nitrogens with zero attached hydrogens (tertiary/aromatic N) is 3. The van der Waals surface area contributed by atoms with Crippen LogP contribution in [0.2, 0.25) is 0 Å². The van der Waals surface area contributed by atoms with Gasteiger partial charge in [-0.05, 0) is 75.3 Å². The molecule has 3 heterocycles. The molecule has 3 unspecified atom stereocenters. The van der Waals surface area contributed by atoms with E-state index in [0.29, 0.717) is 19.1 Å². The van der Waals surface area contributed by atoms with Crippen LogP contribution in [0.15, 0.2) is 42.6 Å². The fourth-order valence-corrected chi connectivity index (χ4v) is 6.25. The van der Waals surface area contributed by atoms with Crippen molar-refractivity contribution in [2.24, 2.45) is 0 Å². The molecule has 2 aliphatic heterocycles. The molecule has 0 N–H and O–H groups in total. The van der Waals surface area contributed by atoms with Gasteiger partial charge in [0.2, 0.25) is 0 Å². The van der Waals surface area contributed by atoms with Crippen LogP contribution in [0.4, 0.5) is 4.79 Å². The van der Waals surface area contributed by atoms with E-state index in [9.17, 15) is 4.79 Å². The quantitative estimate of drug-likeness (QED) is 0.534. The van der Waals surface area contributed by atoms with Crippen LogP contribution < -0.4 is 0 Å². The van der Waals surface area contributed by atoms with Crippen LogP contribution in [0.1, 0.15) is 87.1 Å². The van der Waals surface area contributed by atoms with Crippen molar-refractivity contribution in [3.8, 4) is 0 Å². The summed E-state index contributed by atoms with van der Waals surface area (Å²) in [5.74, 6) is 0.770. The molecule has 2 saturated heterocycles. The minimum Gasteiger partial charge on any atom is -0.453 e. The Balaban J connectivity index is 1.27. The maximum absolute atomic E-state index is 12.7. The van der Waals surface area contributed by atoms with Gasteiger partial charge in [0.15, 0.2) is 0 Å². The van der Waals surface area contributed by atoms with Gasteiger partial charge in [0.1, 0.15) is 6.23 Å². The highest BCUT2D eigenvalue weighted by Gasteiger charge is 2.39. The van der Waals surface area contributed by atoms with Gasteiger partial charge in [-0.1, -0.05) is 30.3 Å². The van der Waals surface area contributed by atoms with Crippen molar-refractivity contribution in [2.45, 2.75) is 88.0 Å². The van der Waals surface area contributed by atoms with Crippen LogP contribution >= 0.6 is 0 Å². The summed E-state index contributed by atoms with van der Waals surface area (Å²) in [6.45, 7) is 2.00. The summed E-state index contributed by atoms with van der Waals surface area (Å²) in [6, 6.07) is 12.9. The summed E-state index contributed by atoms with van der Waals surface area (Å²) in [5, 5.41) is 4.64. The first-order valence-electron chi connectivity index (χ1n) is 13.4. The number of amides is 1. The Kier molecular flexibility index (Phi) is 8.04. The number of hydrogen-bond acceptors (Lipinski definition) is 5. The van der Waals surface area contributed by atoms with Crippen molar-refractivity contribution in [3.63, 3.8) is 0 Å².